The number of aromatic nitrogens is 3. The van der Waals surface area contributed by atoms with Gasteiger partial charge in [0.05, 0.1) is 16.7 Å². The first kappa shape index (κ1) is 45.0. The number of carbonyl (C=O) groups is 3. The van der Waals surface area contributed by atoms with Crippen LogP contribution in [-0.4, -0.2) is 86.8 Å². The lowest BCUT2D eigenvalue weighted by atomic mass is 10.1. The first-order valence-corrected chi connectivity index (χ1v) is 22.6. The van der Waals surface area contributed by atoms with E-state index in [1.54, 1.807) is 54.6 Å². The summed E-state index contributed by atoms with van der Waals surface area (Å²) in [7, 11) is 0. The normalized spacial score (nSPS) is 13.1. The van der Waals surface area contributed by atoms with Gasteiger partial charge in [-0.2, -0.15) is 0 Å². The van der Waals surface area contributed by atoms with Crippen molar-refractivity contribution < 1.29 is 43.0 Å². The SMILES string of the molecule is O=C(O)c1ccc2oc(-c3ccc(NCCCCl)cc3)nc2c1.O=C(O)c1cccc(-c2nc3ccc(N4CCC4)cc3o2)c1.O=C(O)c1cccc(-c2nc3ccc(N4CCCC4)cc3o2)c1. The van der Waals surface area contributed by atoms with Crippen LogP contribution in [0.15, 0.2) is 141 Å². The highest BCUT2D eigenvalue weighted by molar-refractivity contribution is 6.17. The van der Waals surface area contributed by atoms with Gasteiger partial charge in [-0.05, 0) is 129 Å². The molecule has 3 aromatic heterocycles. The summed E-state index contributed by atoms with van der Waals surface area (Å²) in [6.45, 7) is 5.13. The highest BCUT2D eigenvalue weighted by atomic mass is 35.5. The van der Waals surface area contributed by atoms with Gasteiger partial charge < -0.3 is 43.7 Å². The van der Waals surface area contributed by atoms with Crippen molar-refractivity contribution in [2.24, 2.45) is 0 Å². The molecular formula is C52H45ClN6O9. The van der Waals surface area contributed by atoms with Gasteiger partial charge in [0.2, 0.25) is 17.7 Å². The van der Waals surface area contributed by atoms with Gasteiger partial charge in [-0.15, -0.1) is 11.6 Å². The molecule has 5 heterocycles. The average Bonchev–Trinajstić information content (AvgIpc) is 4.18. The second-order valence-corrected chi connectivity index (χ2v) is 16.6. The van der Waals surface area contributed by atoms with E-state index in [0.29, 0.717) is 45.8 Å². The van der Waals surface area contributed by atoms with Gasteiger partial charge in [0.15, 0.2) is 16.7 Å². The Morgan fingerprint density at radius 1 is 0.515 bits per heavy atom. The minimum atomic E-state index is -0.983. The fourth-order valence-electron chi connectivity index (χ4n) is 7.80. The Morgan fingerprint density at radius 2 is 1.00 bits per heavy atom. The predicted molar refractivity (Wildman–Crippen MR) is 261 cm³/mol. The Balaban J connectivity index is 0.000000127. The van der Waals surface area contributed by atoms with E-state index < -0.39 is 17.9 Å². The van der Waals surface area contributed by atoms with Crippen molar-refractivity contribution >= 4 is 79.9 Å². The highest BCUT2D eigenvalue weighted by Gasteiger charge is 2.19. The molecule has 0 radical (unpaired) electrons. The lowest BCUT2D eigenvalue weighted by Gasteiger charge is -2.32. The van der Waals surface area contributed by atoms with Gasteiger partial charge in [0, 0.05) is 84.5 Å². The number of nitrogens with zero attached hydrogens (tertiary/aromatic N) is 5. The van der Waals surface area contributed by atoms with Gasteiger partial charge in [-0.25, -0.2) is 29.3 Å². The Hall–Kier alpha value is -8.17. The summed E-state index contributed by atoms with van der Waals surface area (Å²) in [5.74, 6) is -0.914. The molecule has 11 rings (SSSR count). The fraction of sp³-hybridized carbons (Fsp3) is 0.192. The summed E-state index contributed by atoms with van der Waals surface area (Å²) < 4.78 is 17.4. The molecule has 6 aromatic carbocycles. The lowest BCUT2D eigenvalue weighted by Crippen LogP contribution is -2.36. The minimum absolute atomic E-state index is 0.191. The standard InChI is InChI=1S/C18H16N2O3.C17H15ClN2O3.C17H14N2O3/c21-18(22)13-5-3-4-12(10-13)17-19-15-7-6-14(11-16(15)23-17)20-8-1-2-9-20;18-8-1-9-19-13-5-2-11(3-6-13)16-20-14-10-12(17(21)22)4-7-15(14)23-16;20-17(21)12-4-1-3-11(9-12)16-18-14-6-5-13(10-15(14)22-16)19-7-2-8-19/h3-7,10-11H,1-2,8-9H2,(H,21,22);2-7,10,19H,1,8-9H2,(H,21,22);1,3-6,9-10H,2,7-8H2,(H,20,21). The Labute approximate surface area is 394 Å². The van der Waals surface area contributed by atoms with Gasteiger partial charge in [0.1, 0.15) is 16.6 Å². The third-order valence-electron chi connectivity index (χ3n) is 11.6. The van der Waals surface area contributed by atoms with Crippen LogP contribution in [0, 0.1) is 0 Å². The number of anilines is 3. The van der Waals surface area contributed by atoms with Crippen LogP contribution in [0.25, 0.3) is 67.7 Å². The molecule has 2 aliphatic heterocycles. The number of fused-ring (bicyclic) bond motifs is 3. The van der Waals surface area contributed by atoms with Crippen LogP contribution >= 0.6 is 11.6 Å². The van der Waals surface area contributed by atoms with Crippen molar-refractivity contribution in [3.05, 3.63) is 144 Å². The van der Waals surface area contributed by atoms with Crippen LogP contribution in [-0.2, 0) is 0 Å². The van der Waals surface area contributed by atoms with Crippen molar-refractivity contribution in [2.75, 3.05) is 53.7 Å². The third-order valence-corrected chi connectivity index (χ3v) is 11.8. The Bertz CT molecular complexity index is 3260. The molecule has 68 heavy (non-hydrogen) atoms. The lowest BCUT2D eigenvalue weighted by molar-refractivity contribution is 0.0686. The van der Waals surface area contributed by atoms with E-state index in [1.807, 2.05) is 54.6 Å². The second-order valence-electron chi connectivity index (χ2n) is 16.2. The molecule has 0 spiro atoms. The molecule has 0 atom stereocenters. The molecule has 0 bridgehead atoms. The van der Waals surface area contributed by atoms with Crippen LogP contribution in [0.4, 0.5) is 17.1 Å². The number of halogens is 1. The van der Waals surface area contributed by atoms with Gasteiger partial charge in [-0.1, -0.05) is 12.1 Å². The third kappa shape index (κ3) is 10.3. The number of oxazole rings is 3. The molecule has 0 saturated carbocycles. The maximum absolute atomic E-state index is 11.1. The smallest absolute Gasteiger partial charge is 0.335 e. The largest absolute Gasteiger partial charge is 0.478 e. The summed E-state index contributed by atoms with van der Waals surface area (Å²) in [6, 6.07) is 37.6. The van der Waals surface area contributed by atoms with E-state index in [9.17, 15) is 14.4 Å². The van der Waals surface area contributed by atoms with Crippen molar-refractivity contribution in [1.82, 2.24) is 15.0 Å². The second kappa shape index (κ2) is 20.1. The molecule has 16 heteroatoms. The minimum Gasteiger partial charge on any atom is -0.478 e. The molecule has 2 aliphatic rings. The number of nitrogens with one attached hydrogen (secondary N) is 1. The molecule has 2 saturated heterocycles. The number of aromatic carboxylic acids is 3. The van der Waals surface area contributed by atoms with Crippen molar-refractivity contribution in [3.8, 4) is 34.4 Å². The van der Waals surface area contributed by atoms with Crippen molar-refractivity contribution in [1.29, 1.82) is 0 Å². The van der Waals surface area contributed by atoms with E-state index in [1.165, 1.54) is 31.4 Å². The highest BCUT2D eigenvalue weighted by Crippen LogP contribution is 2.32. The molecule has 9 aromatic rings. The zero-order chi connectivity index (χ0) is 47.1. The van der Waals surface area contributed by atoms with Gasteiger partial charge in [0.25, 0.3) is 0 Å². The zero-order valence-corrected chi connectivity index (χ0v) is 37.4. The van der Waals surface area contributed by atoms with E-state index in [0.717, 1.165) is 84.0 Å². The summed E-state index contributed by atoms with van der Waals surface area (Å²) in [5.41, 5.74) is 10.2. The van der Waals surface area contributed by atoms with Crippen molar-refractivity contribution in [3.63, 3.8) is 0 Å². The molecule has 4 N–H and O–H groups in total. The van der Waals surface area contributed by atoms with E-state index in [-0.39, 0.29) is 16.7 Å². The monoisotopic (exact) mass is 932 g/mol. The summed E-state index contributed by atoms with van der Waals surface area (Å²) >= 11 is 5.64. The quantitative estimate of drug-likeness (QED) is 0.0663. The number of alkyl halides is 1. The maximum Gasteiger partial charge on any atom is 0.335 e. The number of carboxylic acid groups (broad SMARTS) is 3. The van der Waals surface area contributed by atoms with Crippen molar-refractivity contribution in [2.45, 2.75) is 25.7 Å². The van der Waals surface area contributed by atoms with Crippen LogP contribution < -0.4 is 15.1 Å². The molecule has 15 nitrogen and oxygen atoms in total. The molecule has 0 amide bonds. The summed E-state index contributed by atoms with van der Waals surface area (Å²) in [6.07, 6.45) is 4.57. The van der Waals surface area contributed by atoms with Crippen LogP contribution in [0.5, 0.6) is 0 Å². The molecule has 0 unspecified atom stereocenters. The van der Waals surface area contributed by atoms with Gasteiger partial charge >= 0.3 is 17.9 Å². The maximum atomic E-state index is 11.1. The molecular weight excluding hydrogens is 888 g/mol. The topological polar surface area (TPSA) is 208 Å². The van der Waals surface area contributed by atoms with Gasteiger partial charge in [-0.3, -0.25) is 0 Å². The first-order chi connectivity index (χ1) is 33.1. The number of carboxylic acids is 3. The number of rotatable bonds is 12. The van der Waals surface area contributed by atoms with Crippen LogP contribution in [0.1, 0.15) is 56.8 Å². The summed E-state index contributed by atoms with van der Waals surface area (Å²) in [4.78, 5) is 51.1. The number of hydrogen-bond donors (Lipinski definition) is 4. The van der Waals surface area contributed by atoms with E-state index >= 15 is 0 Å². The Kier molecular flexibility index (Phi) is 13.3. The molecule has 0 aliphatic carbocycles. The predicted octanol–water partition coefficient (Wildman–Crippen LogP) is 11.4. The number of benzene rings is 6. The van der Waals surface area contributed by atoms with Crippen LogP contribution in [0.2, 0.25) is 0 Å². The number of hydrogen-bond acceptors (Lipinski definition) is 12. The molecule has 344 valence electrons. The van der Waals surface area contributed by atoms with E-state index in [2.05, 4.69) is 36.1 Å². The summed E-state index contributed by atoms with van der Waals surface area (Å²) in [5, 5.41) is 30.5. The Morgan fingerprint density at radius 3 is 1.50 bits per heavy atom. The van der Waals surface area contributed by atoms with Crippen LogP contribution in [0.3, 0.4) is 0 Å². The first-order valence-electron chi connectivity index (χ1n) is 22.1. The fourth-order valence-corrected chi connectivity index (χ4v) is 7.93. The van der Waals surface area contributed by atoms with E-state index in [4.69, 9.17) is 40.2 Å². The average molecular weight is 933 g/mol. The zero-order valence-electron chi connectivity index (χ0n) is 36.6. The molecule has 2 fully saturated rings.